The molecule has 1 aliphatic heterocycles. The van der Waals surface area contributed by atoms with Crippen molar-refractivity contribution in [1.29, 1.82) is 0 Å². The van der Waals surface area contributed by atoms with E-state index < -0.39 is 12.0 Å². The summed E-state index contributed by atoms with van der Waals surface area (Å²) in [6.45, 7) is 0.538. The van der Waals surface area contributed by atoms with Crippen LogP contribution in [0.5, 0.6) is 0 Å². The fourth-order valence-corrected chi connectivity index (χ4v) is 4.83. The van der Waals surface area contributed by atoms with Crippen molar-refractivity contribution in [2.24, 2.45) is 23.5 Å². The van der Waals surface area contributed by atoms with Crippen molar-refractivity contribution in [2.45, 2.75) is 63.5 Å². The van der Waals surface area contributed by atoms with E-state index in [2.05, 4.69) is 0 Å². The van der Waals surface area contributed by atoms with E-state index in [0.717, 1.165) is 38.5 Å². The average Bonchev–Trinajstić information content (AvgIpc) is 3.10. The van der Waals surface area contributed by atoms with E-state index >= 15 is 0 Å². The van der Waals surface area contributed by atoms with Crippen LogP contribution >= 0.6 is 0 Å². The number of carbonyl (C=O) groups is 2. The summed E-state index contributed by atoms with van der Waals surface area (Å²) in [5, 5.41) is 9.53. The summed E-state index contributed by atoms with van der Waals surface area (Å²) < 4.78 is 0. The first-order valence-corrected chi connectivity index (χ1v) is 8.38. The Morgan fingerprint density at radius 1 is 1.10 bits per heavy atom. The van der Waals surface area contributed by atoms with Crippen molar-refractivity contribution in [3.63, 3.8) is 0 Å². The number of amides is 1. The molecule has 118 valence electrons. The smallest absolute Gasteiger partial charge is 0.326 e. The Morgan fingerprint density at radius 3 is 2.57 bits per heavy atom. The highest BCUT2D eigenvalue weighted by atomic mass is 16.4. The summed E-state index contributed by atoms with van der Waals surface area (Å²) in [5.74, 6) is -0.168. The molecule has 3 rings (SSSR count). The Bertz CT molecular complexity index is 426. The average molecular weight is 294 g/mol. The Labute approximate surface area is 125 Å². The van der Waals surface area contributed by atoms with Gasteiger partial charge >= 0.3 is 5.97 Å². The fraction of sp³-hybridized carbons (Fsp3) is 0.875. The molecule has 0 aromatic carbocycles. The van der Waals surface area contributed by atoms with E-state index in [1.54, 1.807) is 4.90 Å². The topological polar surface area (TPSA) is 83.6 Å². The van der Waals surface area contributed by atoms with E-state index in [1.165, 1.54) is 6.42 Å². The molecule has 5 unspecified atom stereocenters. The van der Waals surface area contributed by atoms with Crippen molar-refractivity contribution in [1.82, 2.24) is 4.90 Å². The van der Waals surface area contributed by atoms with Crippen LogP contribution in [-0.2, 0) is 9.59 Å². The van der Waals surface area contributed by atoms with Crippen LogP contribution in [0.2, 0.25) is 0 Å². The van der Waals surface area contributed by atoms with Crippen LogP contribution in [0.25, 0.3) is 0 Å². The summed E-state index contributed by atoms with van der Waals surface area (Å²) in [4.78, 5) is 26.4. The normalized spacial score (nSPS) is 39.3. The molecule has 3 fully saturated rings. The second-order valence-electron chi connectivity index (χ2n) is 6.98. The van der Waals surface area contributed by atoms with Gasteiger partial charge < -0.3 is 15.7 Å². The number of likely N-dealkylation sites (tertiary alicyclic amines) is 1. The molecule has 1 amide bonds. The van der Waals surface area contributed by atoms with Gasteiger partial charge in [-0.25, -0.2) is 4.79 Å². The Balaban J connectivity index is 1.82. The van der Waals surface area contributed by atoms with Gasteiger partial charge in [-0.1, -0.05) is 19.3 Å². The number of nitrogens with two attached hydrogens (primary N) is 1. The van der Waals surface area contributed by atoms with Crippen LogP contribution in [0.4, 0.5) is 0 Å². The number of fused-ring (bicyclic) bond motifs is 1. The maximum atomic E-state index is 13.0. The van der Waals surface area contributed by atoms with Crippen LogP contribution in [0.15, 0.2) is 0 Å². The summed E-state index contributed by atoms with van der Waals surface area (Å²) in [7, 11) is 0. The van der Waals surface area contributed by atoms with Crippen LogP contribution in [0.3, 0.4) is 0 Å². The van der Waals surface area contributed by atoms with Gasteiger partial charge in [-0.2, -0.15) is 0 Å². The molecule has 21 heavy (non-hydrogen) atoms. The van der Waals surface area contributed by atoms with E-state index in [1.807, 2.05) is 0 Å². The standard InChI is InChI=1S/C16H26N2O3/c17-9-11-5-3-6-12(11)15(19)18-13-7-2-1-4-10(13)8-14(18)16(20)21/h10-14H,1-9,17H2,(H,20,21). The second kappa shape index (κ2) is 5.95. The number of nitrogens with zero attached hydrogens (tertiary/aromatic N) is 1. The van der Waals surface area contributed by atoms with E-state index in [9.17, 15) is 14.7 Å². The number of rotatable bonds is 3. The van der Waals surface area contributed by atoms with Crippen LogP contribution in [-0.4, -0.2) is 40.5 Å². The van der Waals surface area contributed by atoms with Crippen molar-refractivity contribution < 1.29 is 14.7 Å². The number of aliphatic carboxylic acids is 1. The Kier molecular flexibility index (Phi) is 4.20. The van der Waals surface area contributed by atoms with Crippen LogP contribution in [0, 0.1) is 17.8 Å². The van der Waals surface area contributed by atoms with Gasteiger partial charge in [0.05, 0.1) is 0 Å². The fourth-order valence-electron chi connectivity index (χ4n) is 4.83. The van der Waals surface area contributed by atoms with Crippen molar-refractivity contribution in [3.8, 4) is 0 Å². The summed E-state index contributed by atoms with van der Waals surface area (Å²) in [6, 6.07) is -0.448. The molecule has 0 radical (unpaired) electrons. The van der Waals surface area contributed by atoms with Gasteiger partial charge in [0.15, 0.2) is 0 Å². The largest absolute Gasteiger partial charge is 0.480 e. The van der Waals surface area contributed by atoms with Gasteiger partial charge in [-0.3, -0.25) is 4.79 Å². The Hall–Kier alpha value is -1.10. The summed E-state index contributed by atoms with van der Waals surface area (Å²) in [6.07, 6.45) is 7.90. The maximum absolute atomic E-state index is 13.0. The van der Waals surface area contributed by atoms with Gasteiger partial charge in [0.1, 0.15) is 6.04 Å². The second-order valence-corrected chi connectivity index (χ2v) is 6.98. The highest BCUT2D eigenvalue weighted by molar-refractivity contribution is 5.86. The molecule has 0 aromatic rings. The van der Waals surface area contributed by atoms with E-state index in [4.69, 9.17) is 5.73 Å². The molecule has 2 saturated carbocycles. The lowest BCUT2D eigenvalue weighted by Crippen LogP contribution is -2.49. The molecule has 1 saturated heterocycles. The number of carbonyl (C=O) groups excluding carboxylic acids is 1. The third-order valence-corrected chi connectivity index (χ3v) is 5.91. The minimum Gasteiger partial charge on any atom is -0.480 e. The van der Waals surface area contributed by atoms with Crippen molar-refractivity contribution in [2.75, 3.05) is 6.54 Å². The molecule has 5 nitrogen and oxygen atoms in total. The zero-order chi connectivity index (χ0) is 15.0. The lowest BCUT2D eigenvalue weighted by Gasteiger charge is -2.35. The van der Waals surface area contributed by atoms with E-state index in [-0.39, 0.29) is 23.8 Å². The molecule has 2 aliphatic carbocycles. The van der Waals surface area contributed by atoms with Gasteiger partial charge in [-0.05, 0) is 50.5 Å². The van der Waals surface area contributed by atoms with Gasteiger partial charge in [0.25, 0.3) is 0 Å². The molecule has 0 spiro atoms. The predicted molar refractivity (Wildman–Crippen MR) is 78.5 cm³/mol. The number of hydrogen-bond acceptors (Lipinski definition) is 3. The van der Waals surface area contributed by atoms with Crippen molar-refractivity contribution in [3.05, 3.63) is 0 Å². The highest BCUT2D eigenvalue weighted by Crippen LogP contribution is 2.42. The molecular weight excluding hydrogens is 268 g/mol. The first-order valence-electron chi connectivity index (χ1n) is 8.38. The molecule has 5 atom stereocenters. The zero-order valence-corrected chi connectivity index (χ0v) is 12.5. The lowest BCUT2D eigenvalue weighted by molar-refractivity contribution is -0.152. The first-order chi connectivity index (χ1) is 10.1. The van der Waals surface area contributed by atoms with Gasteiger partial charge in [0.2, 0.25) is 5.91 Å². The number of hydrogen-bond donors (Lipinski definition) is 2. The Morgan fingerprint density at radius 2 is 1.86 bits per heavy atom. The molecule has 0 bridgehead atoms. The molecule has 5 heteroatoms. The molecule has 3 aliphatic rings. The monoisotopic (exact) mass is 294 g/mol. The number of carboxylic acid groups (broad SMARTS) is 1. The first kappa shape index (κ1) is 14.8. The maximum Gasteiger partial charge on any atom is 0.326 e. The quantitative estimate of drug-likeness (QED) is 0.828. The summed E-state index contributed by atoms with van der Waals surface area (Å²) in [5.41, 5.74) is 5.80. The lowest BCUT2D eigenvalue weighted by atomic mass is 9.84. The number of carboxylic acids is 1. The molecular formula is C16H26N2O3. The third-order valence-electron chi connectivity index (χ3n) is 5.91. The van der Waals surface area contributed by atoms with E-state index in [0.29, 0.717) is 18.9 Å². The predicted octanol–water partition coefficient (Wildman–Crippen LogP) is 1.61. The molecule has 3 N–H and O–H groups in total. The molecule has 0 aromatic heterocycles. The zero-order valence-electron chi connectivity index (χ0n) is 12.5. The minimum atomic E-state index is -0.833. The summed E-state index contributed by atoms with van der Waals surface area (Å²) >= 11 is 0. The molecule has 1 heterocycles. The van der Waals surface area contributed by atoms with Gasteiger partial charge in [0, 0.05) is 12.0 Å². The SMILES string of the molecule is NCC1CCCC1C(=O)N1C(C(=O)O)CC2CCCCC21. The van der Waals surface area contributed by atoms with Crippen LogP contribution < -0.4 is 5.73 Å². The minimum absolute atomic E-state index is 0.0440. The van der Waals surface area contributed by atoms with Gasteiger partial charge in [-0.15, -0.1) is 0 Å². The van der Waals surface area contributed by atoms with Crippen LogP contribution in [0.1, 0.15) is 51.4 Å². The third kappa shape index (κ3) is 2.56. The highest BCUT2D eigenvalue weighted by Gasteiger charge is 2.50. The van der Waals surface area contributed by atoms with Crippen molar-refractivity contribution >= 4 is 11.9 Å².